The summed E-state index contributed by atoms with van der Waals surface area (Å²) in [5, 5.41) is 6.66. The molecule has 0 radical (unpaired) electrons. The van der Waals surface area contributed by atoms with E-state index in [-0.39, 0.29) is 0 Å². The second-order valence-electron chi connectivity index (χ2n) is 7.42. The quantitative estimate of drug-likeness (QED) is 0.318. The summed E-state index contributed by atoms with van der Waals surface area (Å²) in [5.41, 5.74) is 5.83. The third-order valence-electron chi connectivity index (χ3n) is 5.28. The van der Waals surface area contributed by atoms with Gasteiger partial charge in [0.2, 0.25) is 0 Å². The summed E-state index contributed by atoms with van der Waals surface area (Å²) >= 11 is 1.64. The van der Waals surface area contributed by atoms with Crippen LogP contribution in [0.4, 0.5) is 11.5 Å². The van der Waals surface area contributed by atoms with Gasteiger partial charge >= 0.3 is 0 Å². The van der Waals surface area contributed by atoms with Crippen LogP contribution in [0.25, 0.3) is 21.3 Å². The highest BCUT2D eigenvalue weighted by atomic mass is 32.1. The van der Waals surface area contributed by atoms with Crippen molar-refractivity contribution in [1.29, 1.82) is 0 Å². The monoisotopic (exact) mass is 423 g/mol. The molecule has 2 aromatic heterocycles. The van der Waals surface area contributed by atoms with Crippen molar-refractivity contribution in [3.8, 4) is 22.6 Å². The van der Waals surface area contributed by atoms with E-state index >= 15 is 0 Å². The maximum absolute atomic E-state index is 5.89. The molecule has 31 heavy (non-hydrogen) atoms. The van der Waals surface area contributed by atoms with Gasteiger partial charge in [-0.2, -0.15) is 0 Å². The van der Waals surface area contributed by atoms with Crippen molar-refractivity contribution in [1.82, 2.24) is 9.97 Å². The topological polar surface area (TPSA) is 47.0 Å². The lowest BCUT2D eigenvalue weighted by atomic mass is 10.0. The minimum absolute atomic E-state index is 0.788. The van der Waals surface area contributed by atoms with Crippen molar-refractivity contribution in [2.45, 2.75) is 13.8 Å². The number of nitrogens with zero attached hydrogens (tertiary/aromatic N) is 2. The lowest BCUT2D eigenvalue weighted by molar-refractivity contribution is 0.483. The average molecular weight is 424 g/mol. The summed E-state index contributed by atoms with van der Waals surface area (Å²) in [7, 11) is 0. The van der Waals surface area contributed by atoms with E-state index in [4.69, 9.17) is 4.74 Å². The van der Waals surface area contributed by atoms with Gasteiger partial charge in [0, 0.05) is 16.6 Å². The summed E-state index contributed by atoms with van der Waals surface area (Å²) in [5.74, 6) is 2.41. The van der Waals surface area contributed by atoms with Gasteiger partial charge in [-0.25, -0.2) is 9.97 Å². The highest BCUT2D eigenvalue weighted by molar-refractivity contribution is 7.17. The Morgan fingerprint density at radius 1 is 0.806 bits per heavy atom. The molecule has 0 atom stereocenters. The molecule has 0 fully saturated rings. The average Bonchev–Trinajstić information content (AvgIpc) is 3.23. The molecule has 5 heteroatoms. The van der Waals surface area contributed by atoms with Gasteiger partial charge in [-0.3, -0.25) is 0 Å². The van der Waals surface area contributed by atoms with E-state index in [0.29, 0.717) is 0 Å². The zero-order valence-electron chi connectivity index (χ0n) is 17.3. The Morgan fingerprint density at radius 3 is 2.35 bits per heavy atom. The van der Waals surface area contributed by atoms with Crippen LogP contribution in [-0.2, 0) is 0 Å². The number of benzene rings is 3. The fourth-order valence-electron chi connectivity index (χ4n) is 3.46. The Labute approximate surface area is 185 Å². The fourth-order valence-corrected chi connectivity index (χ4v) is 4.37. The maximum atomic E-state index is 5.89. The third-order valence-corrected chi connectivity index (χ3v) is 6.17. The van der Waals surface area contributed by atoms with E-state index in [2.05, 4.69) is 52.7 Å². The Kier molecular flexibility index (Phi) is 5.10. The predicted octanol–water partition coefficient (Wildman–Crippen LogP) is 7.51. The van der Waals surface area contributed by atoms with Crippen molar-refractivity contribution in [3.63, 3.8) is 0 Å². The van der Waals surface area contributed by atoms with Crippen LogP contribution in [0.2, 0.25) is 0 Å². The van der Waals surface area contributed by atoms with E-state index in [1.807, 2.05) is 54.6 Å². The second kappa shape index (κ2) is 8.20. The largest absolute Gasteiger partial charge is 0.457 e. The number of nitrogens with one attached hydrogen (secondary N) is 1. The smallest absolute Gasteiger partial charge is 0.143 e. The van der Waals surface area contributed by atoms with Crippen LogP contribution in [0.1, 0.15) is 11.1 Å². The second-order valence-corrected chi connectivity index (χ2v) is 8.27. The van der Waals surface area contributed by atoms with Crippen molar-refractivity contribution >= 4 is 33.1 Å². The molecule has 0 amide bonds. The van der Waals surface area contributed by atoms with Gasteiger partial charge in [-0.05, 0) is 66.9 Å². The van der Waals surface area contributed by atoms with Crippen LogP contribution in [0.15, 0.2) is 84.5 Å². The minimum atomic E-state index is 0.788. The lowest BCUT2D eigenvalue weighted by Crippen LogP contribution is -1.96. The van der Waals surface area contributed by atoms with Gasteiger partial charge in [0.25, 0.3) is 0 Å². The minimum Gasteiger partial charge on any atom is -0.457 e. The summed E-state index contributed by atoms with van der Waals surface area (Å²) < 4.78 is 5.89. The van der Waals surface area contributed by atoms with E-state index in [0.717, 1.165) is 38.8 Å². The first kappa shape index (κ1) is 19.3. The number of thiophene rings is 1. The molecule has 0 aliphatic rings. The molecular weight excluding hydrogens is 402 g/mol. The SMILES string of the molecule is Cc1ccc(-c2csc3ncnc(Nc4ccc(Oc5ccccc5)cc4)c23)cc1C. The van der Waals surface area contributed by atoms with Crippen LogP contribution in [0, 0.1) is 13.8 Å². The summed E-state index contributed by atoms with van der Waals surface area (Å²) in [4.78, 5) is 9.99. The predicted molar refractivity (Wildman–Crippen MR) is 129 cm³/mol. The molecule has 5 aromatic rings. The van der Waals surface area contributed by atoms with E-state index in [1.54, 1.807) is 17.7 Å². The first-order valence-corrected chi connectivity index (χ1v) is 11.0. The number of hydrogen-bond donors (Lipinski definition) is 1. The first-order chi connectivity index (χ1) is 15.2. The van der Waals surface area contributed by atoms with Crippen LogP contribution in [0.3, 0.4) is 0 Å². The standard InChI is InChI=1S/C26H21N3OS/c1-17-8-9-19(14-18(17)2)23-15-31-26-24(23)25(27-16-28-26)29-20-10-12-22(13-11-20)30-21-6-4-3-5-7-21/h3-16H,1-2H3,(H,27,28,29). The van der Waals surface area contributed by atoms with E-state index in [1.165, 1.54) is 16.7 Å². The van der Waals surface area contributed by atoms with Crippen LogP contribution < -0.4 is 10.1 Å². The highest BCUT2D eigenvalue weighted by Gasteiger charge is 2.14. The number of anilines is 2. The third kappa shape index (κ3) is 4.00. The molecule has 0 saturated carbocycles. The molecular formula is C26H21N3OS. The van der Waals surface area contributed by atoms with E-state index in [9.17, 15) is 0 Å². The van der Waals surface area contributed by atoms with Gasteiger partial charge in [0.1, 0.15) is 28.5 Å². The Bertz CT molecular complexity index is 1340. The van der Waals surface area contributed by atoms with Crippen molar-refractivity contribution in [2.24, 2.45) is 0 Å². The normalized spacial score (nSPS) is 10.9. The number of aryl methyl sites for hydroxylation is 2. The van der Waals surface area contributed by atoms with Gasteiger partial charge in [0.15, 0.2) is 0 Å². The molecule has 4 nitrogen and oxygen atoms in total. The molecule has 0 aliphatic carbocycles. The molecule has 0 saturated heterocycles. The van der Waals surface area contributed by atoms with Crippen molar-refractivity contribution < 1.29 is 4.74 Å². The summed E-state index contributed by atoms with van der Waals surface area (Å²) in [6.07, 6.45) is 1.61. The highest BCUT2D eigenvalue weighted by Crippen LogP contribution is 2.38. The van der Waals surface area contributed by atoms with Gasteiger partial charge < -0.3 is 10.1 Å². The van der Waals surface area contributed by atoms with Crippen LogP contribution in [0.5, 0.6) is 11.5 Å². The Morgan fingerprint density at radius 2 is 1.58 bits per heavy atom. The molecule has 3 aromatic carbocycles. The molecule has 2 heterocycles. The zero-order chi connectivity index (χ0) is 21.2. The molecule has 1 N–H and O–H groups in total. The zero-order valence-corrected chi connectivity index (χ0v) is 18.1. The summed E-state index contributed by atoms with van der Waals surface area (Å²) in [6.45, 7) is 4.27. The van der Waals surface area contributed by atoms with Crippen molar-refractivity contribution in [3.05, 3.63) is 95.6 Å². The van der Waals surface area contributed by atoms with Gasteiger partial charge in [0.05, 0.1) is 5.39 Å². The molecule has 152 valence electrons. The Balaban J connectivity index is 1.45. The van der Waals surface area contributed by atoms with Gasteiger partial charge in [-0.1, -0.05) is 36.4 Å². The number of rotatable bonds is 5. The number of para-hydroxylation sites is 1. The number of fused-ring (bicyclic) bond motifs is 1. The van der Waals surface area contributed by atoms with Gasteiger partial charge in [-0.15, -0.1) is 11.3 Å². The Hall–Kier alpha value is -3.70. The lowest BCUT2D eigenvalue weighted by Gasteiger charge is -2.10. The number of hydrogen-bond acceptors (Lipinski definition) is 5. The van der Waals surface area contributed by atoms with E-state index < -0.39 is 0 Å². The number of ether oxygens (including phenoxy) is 1. The summed E-state index contributed by atoms with van der Waals surface area (Å²) in [6, 6.07) is 24.2. The molecule has 0 aliphatic heterocycles. The van der Waals surface area contributed by atoms with Crippen LogP contribution in [-0.4, -0.2) is 9.97 Å². The molecule has 5 rings (SSSR count). The molecule has 0 bridgehead atoms. The van der Waals surface area contributed by atoms with Crippen LogP contribution >= 0.6 is 11.3 Å². The van der Waals surface area contributed by atoms with Crippen molar-refractivity contribution in [2.75, 3.05) is 5.32 Å². The fraction of sp³-hybridized carbons (Fsp3) is 0.0769. The first-order valence-electron chi connectivity index (χ1n) is 10.1. The molecule has 0 unspecified atom stereocenters. The number of aromatic nitrogens is 2. The maximum Gasteiger partial charge on any atom is 0.143 e. The molecule has 0 spiro atoms.